The van der Waals surface area contributed by atoms with Crippen molar-refractivity contribution < 1.29 is 17.9 Å². The van der Waals surface area contributed by atoms with Gasteiger partial charge in [0, 0.05) is 13.2 Å². The first kappa shape index (κ1) is 14.2. The van der Waals surface area contributed by atoms with E-state index in [0.717, 1.165) is 32.1 Å². The van der Waals surface area contributed by atoms with Crippen molar-refractivity contribution in [1.82, 2.24) is 4.72 Å². The van der Waals surface area contributed by atoms with Crippen molar-refractivity contribution in [2.75, 3.05) is 20.2 Å². The molecule has 1 N–H and O–H groups in total. The van der Waals surface area contributed by atoms with Gasteiger partial charge in [0.05, 0.1) is 12.4 Å². The maximum absolute atomic E-state index is 11.2. The number of hydrogen-bond donors (Lipinski definition) is 1. The first-order valence-electron chi connectivity index (χ1n) is 6.56. The molecule has 0 spiro atoms. The molecule has 5 nitrogen and oxygen atoms in total. The summed E-state index contributed by atoms with van der Waals surface area (Å²) in [7, 11) is -1.45. The van der Waals surface area contributed by atoms with E-state index in [1.54, 1.807) is 7.11 Å². The molecule has 0 saturated heterocycles. The van der Waals surface area contributed by atoms with E-state index >= 15 is 0 Å². The van der Waals surface area contributed by atoms with Crippen molar-refractivity contribution in [2.24, 2.45) is 11.8 Å². The van der Waals surface area contributed by atoms with Gasteiger partial charge in [-0.25, -0.2) is 13.1 Å². The molecular formula is C12H23NO4S. The smallest absolute Gasteiger partial charge is 0.208 e. The summed E-state index contributed by atoms with van der Waals surface area (Å²) in [5, 5.41) is 0. The fourth-order valence-corrected chi connectivity index (χ4v) is 4.22. The first-order valence-corrected chi connectivity index (χ1v) is 8.45. The van der Waals surface area contributed by atoms with Crippen molar-refractivity contribution in [2.45, 2.75) is 44.2 Å². The van der Waals surface area contributed by atoms with Crippen LogP contribution in [0, 0.1) is 11.8 Å². The lowest BCUT2D eigenvalue weighted by Gasteiger charge is -2.31. The van der Waals surface area contributed by atoms with Crippen LogP contribution in [0.3, 0.4) is 0 Å². The maximum Gasteiger partial charge on any atom is 0.208 e. The fraction of sp³-hybridized carbons (Fsp3) is 1.00. The van der Waals surface area contributed by atoms with Crippen LogP contribution in [-0.4, -0.2) is 40.7 Å². The molecule has 2 aliphatic carbocycles. The van der Waals surface area contributed by atoms with Crippen molar-refractivity contribution in [3.05, 3.63) is 0 Å². The summed E-state index contributed by atoms with van der Waals surface area (Å²) in [5.41, 5.74) is 0. The zero-order valence-corrected chi connectivity index (χ0v) is 11.9. The Labute approximate surface area is 109 Å². The van der Waals surface area contributed by atoms with E-state index in [1.807, 2.05) is 0 Å². The third-order valence-electron chi connectivity index (χ3n) is 4.07. The molecule has 2 fully saturated rings. The maximum atomic E-state index is 11.2. The zero-order chi connectivity index (χ0) is 13.2. The second-order valence-electron chi connectivity index (χ2n) is 5.59. The minimum absolute atomic E-state index is 0.121. The molecule has 18 heavy (non-hydrogen) atoms. The number of ether oxygens (including phenoxy) is 2. The molecule has 0 amide bonds. The number of hydrogen-bond acceptors (Lipinski definition) is 4. The van der Waals surface area contributed by atoms with Crippen LogP contribution in [0.25, 0.3) is 0 Å². The molecular weight excluding hydrogens is 254 g/mol. The lowest BCUT2D eigenvalue weighted by atomic mass is 9.80. The predicted molar refractivity (Wildman–Crippen MR) is 68.6 cm³/mol. The Bertz CT molecular complexity index is 370. The molecule has 106 valence electrons. The van der Waals surface area contributed by atoms with E-state index in [4.69, 9.17) is 9.47 Å². The van der Waals surface area contributed by atoms with Crippen molar-refractivity contribution in [3.8, 4) is 0 Å². The zero-order valence-electron chi connectivity index (χ0n) is 11.1. The van der Waals surface area contributed by atoms with Crippen molar-refractivity contribution in [3.63, 3.8) is 0 Å². The molecule has 4 atom stereocenters. The molecule has 2 saturated carbocycles. The Morgan fingerprint density at radius 3 is 2.56 bits per heavy atom. The standard InChI is InChI=1S/C12H23NO4S/c1-16-8-17-12-4-3-9-5-11(6-10(9)7-12)13-18(2,14)15/h9-13H,3-8H2,1-2H3/t9?,10?,11-,12+/m0/s1. The second kappa shape index (κ2) is 5.86. The molecule has 6 heteroatoms. The van der Waals surface area contributed by atoms with E-state index < -0.39 is 10.0 Å². The molecule has 0 radical (unpaired) electrons. The number of rotatable bonds is 5. The lowest BCUT2D eigenvalue weighted by molar-refractivity contribution is -0.0921. The van der Waals surface area contributed by atoms with Crippen LogP contribution >= 0.6 is 0 Å². The summed E-state index contributed by atoms with van der Waals surface area (Å²) in [6, 6.07) is 0.121. The van der Waals surface area contributed by atoms with Crippen LogP contribution in [0.2, 0.25) is 0 Å². The molecule has 2 aliphatic rings. The largest absolute Gasteiger partial charge is 0.359 e. The van der Waals surface area contributed by atoms with Crippen LogP contribution in [0.5, 0.6) is 0 Å². The van der Waals surface area contributed by atoms with E-state index in [0.29, 0.717) is 18.6 Å². The van der Waals surface area contributed by atoms with Gasteiger partial charge in [-0.2, -0.15) is 0 Å². The van der Waals surface area contributed by atoms with Gasteiger partial charge in [0.2, 0.25) is 10.0 Å². The predicted octanol–water partition coefficient (Wildman–Crippen LogP) is 1.10. The van der Waals surface area contributed by atoms with Gasteiger partial charge >= 0.3 is 0 Å². The Hall–Kier alpha value is -0.170. The van der Waals surface area contributed by atoms with Crippen LogP contribution in [0.15, 0.2) is 0 Å². The van der Waals surface area contributed by atoms with Crippen molar-refractivity contribution in [1.29, 1.82) is 0 Å². The molecule has 2 rings (SSSR count). The van der Waals surface area contributed by atoms with Crippen LogP contribution in [-0.2, 0) is 19.5 Å². The fourth-order valence-electron chi connectivity index (χ4n) is 3.42. The summed E-state index contributed by atoms with van der Waals surface area (Å²) >= 11 is 0. The second-order valence-corrected chi connectivity index (χ2v) is 7.37. The minimum atomic E-state index is -3.08. The quantitative estimate of drug-likeness (QED) is 0.764. The summed E-state index contributed by atoms with van der Waals surface area (Å²) in [4.78, 5) is 0. The van der Waals surface area contributed by atoms with Gasteiger partial charge in [-0.3, -0.25) is 0 Å². The van der Waals surface area contributed by atoms with E-state index in [9.17, 15) is 8.42 Å². The van der Waals surface area contributed by atoms with Crippen LogP contribution in [0.1, 0.15) is 32.1 Å². The molecule has 0 heterocycles. The molecule has 0 aliphatic heterocycles. The Kier molecular flexibility index (Phi) is 4.64. The van der Waals surface area contributed by atoms with Gasteiger partial charge in [-0.1, -0.05) is 0 Å². The highest BCUT2D eigenvalue weighted by Gasteiger charge is 2.39. The van der Waals surface area contributed by atoms with Crippen LogP contribution in [0.4, 0.5) is 0 Å². The number of sulfonamides is 1. The highest BCUT2D eigenvalue weighted by atomic mass is 32.2. The Morgan fingerprint density at radius 1 is 1.17 bits per heavy atom. The summed E-state index contributed by atoms with van der Waals surface area (Å²) in [5.74, 6) is 1.26. The summed E-state index contributed by atoms with van der Waals surface area (Å²) < 4.78 is 35.8. The van der Waals surface area contributed by atoms with Crippen LogP contribution < -0.4 is 4.72 Å². The SMILES string of the molecule is COCO[C@@H]1CCC2C[C@H](NS(C)(=O)=O)CC2C1. The average Bonchev–Trinajstić information content (AvgIpc) is 2.64. The number of fused-ring (bicyclic) bond motifs is 1. The van der Waals surface area contributed by atoms with Gasteiger partial charge in [-0.05, 0) is 43.9 Å². The average molecular weight is 277 g/mol. The topological polar surface area (TPSA) is 64.6 Å². The lowest BCUT2D eigenvalue weighted by Crippen LogP contribution is -2.32. The molecule has 0 aromatic rings. The third-order valence-corrected chi connectivity index (χ3v) is 4.83. The monoisotopic (exact) mass is 277 g/mol. The van der Waals surface area contributed by atoms with Gasteiger partial charge in [0.25, 0.3) is 0 Å². The van der Waals surface area contributed by atoms with Gasteiger partial charge in [-0.15, -0.1) is 0 Å². The summed E-state index contributed by atoms with van der Waals surface area (Å²) in [6.07, 6.45) is 6.69. The Balaban J connectivity index is 1.83. The highest BCUT2D eigenvalue weighted by molar-refractivity contribution is 7.88. The molecule has 2 unspecified atom stereocenters. The number of methoxy groups -OCH3 is 1. The normalized spacial score (nSPS) is 36.6. The van der Waals surface area contributed by atoms with E-state index in [-0.39, 0.29) is 12.1 Å². The Morgan fingerprint density at radius 2 is 1.89 bits per heavy atom. The van der Waals surface area contributed by atoms with Gasteiger partial charge in [0.15, 0.2) is 0 Å². The number of nitrogens with one attached hydrogen (secondary N) is 1. The molecule has 0 bridgehead atoms. The third kappa shape index (κ3) is 3.91. The molecule has 0 aromatic carbocycles. The first-order chi connectivity index (χ1) is 8.48. The van der Waals surface area contributed by atoms with Crippen molar-refractivity contribution >= 4 is 10.0 Å². The van der Waals surface area contributed by atoms with Gasteiger partial charge < -0.3 is 9.47 Å². The van der Waals surface area contributed by atoms with E-state index in [2.05, 4.69) is 4.72 Å². The van der Waals surface area contributed by atoms with Gasteiger partial charge in [0.1, 0.15) is 6.79 Å². The summed E-state index contributed by atoms with van der Waals surface area (Å²) in [6.45, 7) is 0.354. The van der Waals surface area contributed by atoms with E-state index in [1.165, 1.54) is 6.26 Å². The minimum Gasteiger partial charge on any atom is -0.359 e. The molecule has 0 aromatic heterocycles. The highest BCUT2D eigenvalue weighted by Crippen LogP contribution is 2.43.